The molecule has 3 heterocycles. The molecule has 5 rings (SSSR count). The Balaban J connectivity index is 1.33. The van der Waals surface area contributed by atoms with Crippen LogP contribution >= 0.6 is 0 Å². The van der Waals surface area contributed by atoms with Crippen molar-refractivity contribution in [3.8, 4) is 5.82 Å². The van der Waals surface area contributed by atoms with E-state index in [4.69, 9.17) is 0 Å². The fourth-order valence-electron chi connectivity index (χ4n) is 4.47. The van der Waals surface area contributed by atoms with Crippen LogP contribution in [0.4, 0.5) is 5.82 Å². The Kier molecular flexibility index (Phi) is 3.64. The van der Waals surface area contributed by atoms with E-state index in [1.807, 2.05) is 30.7 Å². The van der Waals surface area contributed by atoms with Crippen molar-refractivity contribution < 1.29 is 0 Å². The van der Waals surface area contributed by atoms with Crippen LogP contribution in [0.15, 0.2) is 48.5 Å². The van der Waals surface area contributed by atoms with Gasteiger partial charge < -0.3 is 4.90 Å². The summed E-state index contributed by atoms with van der Waals surface area (Å²) in [5.74, 6) is 1.72. The van der Waals surface area contributed by atoms with Gasteiger partial charge in [0, 0.05) is 24.2 Å². The van der Waals surface area contributed by atoms with E-state index in [9.17, 15) is 0 Å². The van der Waals surface area contributed by atoms with E-state index < -0.39 is 0 Å². The van der Waals surface area contributed by atoms with Gasteiger partial charge in [-0.3, -0.25) is 0 Å². The SMILES string of the molecule is Cc1cc(C)n(-c2ccc(N3CCC4(C=Cc5ccccc54)CC3)nn2)n1. The third-order valence-corrected chi connectivity index (χ3v) is 5.92. The van der Waals surface area contributed by atoms with Crippen LogP contribution in [0.3, 0.4) is 0 Å². The predicted molar refractivity (Wildman–Crippen MR) is 107 cm³/mol. The first kappa shape index (κ1) is 16.2. The second-order valence-corrected chi connectivity index (χ2v) is 7.65. The fourth-order valence-corrected chi connectivity index (χ4v) is 4.47. The summed E-state index contributed by atoms with van der Waals surface area (Å²) in [5, 5.41) is 13.4. The minimum atomic E-state index is 0.199. The summed E-state index contributed by atoms with van der Waals surface area (Å²) in [6.45, 7) is 6.01. The minimum absolute atomic E-state index is 0.199. The molecule has 3 aromatic rings. The topological polar surface area (TPSA) is 46.8 Å². The molecular formula is C22H23N5. The molecule has 2 aromatic heterocycles. The zero-order chi connectivity index (χ0) is 18.4. The lowest BCUT2D eigenvalue weighted by molar-refractivity contribution is 0.409. The number of nitrogens with zero attached hydrogens (tertiary/aromatic N) is 5. The lowest BCUT2D eigenvalue weighted by atomic mass is 9.74. The molecule has 1 aliphatic heterocycles. The molecule has 5 nitrogen and oxygen atoms in total. The Morgan fingerprint density at radius 3 is 2.37 bits per heavy atom. The van der Waals surface area contributed by atoms with Gasteiger partial charge in [-0.05, 0) is 56.0 Å². The summed E-state index contributed by atoms with van der Waals surface area (Å²) in [4.78, 5) is 2.35. The summed E-state index contributed by atoms with van der Waals surface area (Å²) < 4.78 is 1.84. The largest absolute Gasteiger partial charge is 0.355 e. The highest BCUT2D eigenvalue weighted by atomic mass is 15.4. The lowest BCUT2D eigenvalue weighted by Crippen LogP contribution is -2.41. The fraction of sp³-hybridized carbons (Fsp3) is 0.318. The average Bonchev–Trinajstić information content (AvgIpc) is 3.23. The number of hydrogen-bond acceptors (Lipinski definition) is 4. The van der Waals surface area contributed by atoms with Crippen molar-refractivity contribution in [1.82, 2.24) is 20.0 Å². The standard InChI is InChI=1S/C22H23N5/c1-16-15-17(2)27(25-16)21-8-7-20(23-24-21)26-13-11-22(12-14-26)10-9-18-5-3-4-6-19(18)22/h3-10,15H,11-14H2,1-2H3. The van der Waals surface area contributed by atoms with Crippen molar-refractivity contribution in [1.29, 1.82) is 0 Å². The van der Waals surface area contributed by atoms with Gasteiger partial charge in [-0.1, -0.05) is 36.4 Å². The van der Waals surface area contributed by atoms with Gasteiger partial charge in [0.05, 0.1) is 5.69 Å². The van der Waals surface area contributed by atoms with Crippen LogP contribution in [-0.2, 0) is 5.41 Å². The zero-order valence-electron chi connectivity index (χ0n) is 15.8. The van der Waals surface area contributed by atoms with Crippen LogP contribution in [-0.4, -0.2) is 33.1 Å². The molecule has 0 N–H and O–H groups in total. The summed E-state index contributed by atoms with van der Waals surface area (Å²) >= 11 is 0. The van der Waals surface area contributed by atoms with Gasteiger partial charge in [0.25, 0.3) is 0 Å². The van der Waals surface area contributed by atoms with Crippen LogP contribution in [0.1, 0.15) is 35.4 Å². The maximum Gasteiger partial charge on any atom is 0.176 e. The van der Waals surface area contributed by atoms with Crippen LogP contribution in [0.25, 0.3) is 11.9 Å². The van der Waals surface area contributed by atoms with Crippen molar-refractivity contribution in [3.05, 3.63) is 71.1 Å². The molecule has 2 aliphatic rings. The summed E-state index contributed by atoms with van der Waals surface area (Å²) in [6.07, 6.45) is 6.92. The zero-order valence-corrected chi connectivity index (χ0v) is 15.8. The van der Waals surface area contributed by atoms with Gasteiger partial charge in [-0.15, -0.1) is 10.2 Å². The first-order valence-electron chi connectivity index (χ1n) is 9.56. The lowest BCUT2D eigenvalue weighted by Gasteiger charge is -2.39. The van der Waals surface area contributed by atoms with E-state index in [0.717, 1.165) is 49.0 Å². The maximum atomic E-state index is 4.49. The minimum Gasteiger partial charge on any atom is -0.355 e. The number of hydrogen-bond donors (Lipinski definition) is 0. The van der Waals surface area contributed by atoms with Crippen LogP contribution in [0, 0.1) is 13.8 Å². The van der Waals surface area contributed by atoms with E-state index in [2.05, 4.69) is 62.7 Å². The molecular weight excluding hydrogens is 334 g/mol. The molecule has 0 saturated carbocycles. The number of fused-ring (bicyclic) bond motifs is 2. The van der Waals surface area contributed by atoms with Crippen LogP contribution in [0.2, 0.25) is 0 Å². The number of benzene rings is 1. The number of aromatic nitrogens is 4. The smallest absolute Gasteiger partial charge is 0.176 e. The molecule has 27 heavy (non-hydrogen) atoms. The maximum absolute atomic E-state index is 4.49. The molecule has 5 heteroatoms. The highest BCUT2D eigenvalue weighted by Gasteiger charge is 2.38. The Morgan fingerprint density at radius 1 is 0.926 bits per heavy atom. The molecule has 136 valence electrons. The number of anilines is 1. The van der Waals surface area contributed by atoms with Gasteiger partial charge in [-0.2, -0.15) is 5.10 Å². The Hall–Kier alpha value is -2.95. The Labute approximate surface area is 159 Å². The van der Waals surface area contributed by atoms with Crippen LogP contribution in [0.5, 0.6) is 0 Å². The molecule has 0 amide bonds. The second kappa shape index (κ2) is 6.05. The second-order valence-electron chi connectivity index (χ2n) is 7.65. The summed E-state index contributed by atoms with van der Waals surface area (Å²) in [5.41, 5.74) is 5.12. The van der Waals surface area contributed by atoms with Gasteiger partial charge in [0.1, 0.15) is 0 Å². The molecule has 1 saturated heterocycles. The van der Waals surface area contributed by atoms with Crippen LogP contribution < -0.4 is 4.90 Å². The van der Waals surface area contributed by atoms with Gasteiger partial charge in [-0.25, -0.2) is 4.68 Å². The van der Waals surface area contributed by atoms with Crippen molar-refractivity contribution in [2.75, 3.05) is 18.0 Å². The molecule has 0 bridgehead atoms. The van der Waals surface area contributed by atoms with E-state index in [1.165, 1.54) is 11.1 Å². The third-order valence-electron chi connectivity index (χ3n) is 5.92. The average molecular weight is 357 g/mol. The quantitative estimate of drug-likeness (QED) is 0.699. The molecule has 0 unspecified atom stereocenters. The van der Waals surface area contributed by atoms with E-state index in [1.54, 1.807) is 0 Å². The van der Waals surface area contributed by atoms with Crippen molar-refractivity contribution in [3.63, 3.8) is 0 Å². The summed E-state index contributed by atoms with van der Waals surface area (Å²) in [7, 11) is 0. The molecule has 0 atom stereocenters. The molecule has 0 radical (unpaired) electrons. The predicted octanol–water partition coefficient (Wildman–Crippen LogP) is 3.84. The van der Waals surface area contributed by atoms with Gasteiger partial charge in [0.2, 0.25) is 0 Å². The van der Waals surface area contributed by atoms with Crippen molar-refractivity contribution in [2.45, 2.75) is 32.1 Å². The normalized spacial score (nSPS) is 17.5. The van der Waals surface area contributed by atoms with Gasteiger partial charge >= 0.3 is 0 Å². The highest BCUT2D eigenvalue weighted by molar-refractivity contribution is 5.65. The number of allylic oxidation sites excluding steroid dienone is 1. The van der Waals surface area contributed by atoms with E-state index >= 15 is 0 Å². The first-order chi connectivity index (χ1) is 13.1. The third kappa shape index (κ3) is 2.65. The first-order valence-corrected chi connectivity index (χ1v) is 9.56. The number of piperidine rings is 1. The molecule has 1 fully saturated rings. The number of aryl methyl sites for hydroxylation is 2. The van der Waals surface area contributed by atoms with E-state index in [-0.39, 0.29) is 5.41 Å². The monoisotopic (exact) mass is 357 g/mol. The molecule has 1 aliphatic carbocycles. The van der Waals surface area contributed by atoms with Crippen molar-refractivity contribution >= 4 is 11.9 Å². The molecule has 1 aromatic carbocycles. The highest BCUT2D eigenvalue weighted by Crippen LogP contribution is 2.44. The van der Waals surface area contributed by atoms with Gasteiger partial charge in [0.15, 0.2) is 11.6 Å². The molecule has 1 spiro atoms. The number of rotatable bonds is 2. The Bertz CT molecular complexity index is 1010. The van der Waals surface area contributed by atoms with E-state index in [0.29, 0.717) is 0 Å². The Morgan fingerprint density at radius 2 is 1.67 bits per heavy atom. The van der Waals surface area contributed by atoms with Crippen molar-refractivity contribution in [2.24, 2.45) is 0 Å². The summed E-state index contributed by atoms with van der Waals surface area (Å²) in [6, 6.07) is 14.9.